The zero-order valence-electron chi connectivity index (χ0n) is 8.36. The van der Waals surface area contributed by atoms with Gasteiger partial charge in [-0.15, -0.1) is 0 Å². The largest absolute Gasteiger partial charge is 0.296 e. The molecule has 1 aromatic carbocycles. The molecule has 1 unspecified atom stereocenters. The maximum atomic E-state index is 11.3. The van der Waals surface area contributed by atoms with E-state index in [4.69, 9.17) is 0 Å². The van der Waals surface area contributed by atoms with Gasteiger partial charge in [-0.2, -0.15) is 0 Å². The van der Waals surface area contributed by atoms with Gasteiger partial charge in [0.2, 0.25) is 0 Å². The van der Waals surface area contributed by atoms with Crippen LogP contribution in [0.4, 0.5) is 0 Å². The summed E-state index contributed by atoms with van der Waals surface area (Å²) in [6.07, 6.45) is 1.54. The average Bonchev–Trinajstić information content (AvgIpc) is 2.19. The lowest BCUT2D eigenvalue weighted by atomic mass is 10.1. The molecule has 1 radical (unpaired) electrons. The van der Waals surface area contributed by atoms with Gasteiger partial charge in [-0.1, -0.05) is 30.3 Å². The van der Waals surface area contributed by atoms with Crippen molar-refractivity contribution in [1.82, 2.24) is 4.90 Å². The summed E-state index contributed by atoms with van der Waals surface area (Å²) in [6, 6.07) is 10.4. The van der Waals surface area contributed by atoms with Crippen molar-refractivity contribution in [3.05, 3.63) is 35.9 Å². The Hall–Kier alpha value is -0.860. The van der Waals surface area contributed by atoms with Crippen molar-refractivity contribution in [3.63, 3.8) is 0 Å². The molecular formula is C12H16NO. The summed E-state index contributed by atoms with van der Waals surface area (Å²) < 4.78 is 0. The second kappa shape index (κ2) is 4.58. The van der Waals surface area contributed by atoms with Gasteiger partial charge in [-0.25, -0.2) is 5.11 Å². The van der Waals surface area contributed by atoms with Crippen LogP contribution in [0.5, 0.6) is 0 Å². The Balaban J connectivity index is 1.91. The molecule has 1 heterocycles. The number of likely N-dealkylation sites (tertiary alicyclic amines) is 1. The molecule has 0 saturated carbocycles. The molecule has 75 valence electrons. The molecule has 0 N–H and O–H groups in total. The van der Waals surface area contributed by atoms with E-state index in [0.29, 0.717) is 0 Å². The van der Waals surface area contributed by atoms with Crippen LogP contribution in [0.1, 0.15) is 18.4 Å². The van der Waals surface area contributed by atoms with Crippen molar-refractivity contribution in [2.24, 2.45) is 0 Å². The molecule has 2 nitrogen and oxygen atoms in total. The molecule has 0 aromatic heterocycles. The average molecular weight is 190 g/mol. The minimum atomic E-state index is -0.368. The number of nitrogens with zero attached hydrogens (tertiary/aromatic N) is 1. The minimum absolute atomic E-state index is 0.368. The lowest BCUT2D eigenvalue weighted by molar-refractivity contribution is 0.0154. The Morgan fingerprint density at radius 3 is 2.79 bits per heavy atom. The molecule has 0 aliphatic carbocycles. The fourth-order valence-corrected chi connectivity index (χ4v) is 2.00. The highest BCUT2D eigenvalue weighted by Crippen LogP contribution is 2.13. The van der Waals surface area contributed by atoms with E-state index in [1.807, 2.05) is 18.2 Å². The molecule has 14 heavy (non-hydrogen) atoms. The fourth-order valence-electron chi connectivity index (χ4n) is 2.00. The van der Waals surface area contributed by atoms with Crippen LogP contribution < -0.4 is 0 Å². The van der Waals surface area contributed by atoms with Gasteiger partial charge >= 0.3 is 0 Å². The number of rotatable bonds is 2. The van der Waals surface area contributed by atoms with Gasteiger partial charge in [0.25, 0.3) is 0 Å². The summed E-state index contributed by atoms with van der Waals surface area (Å²) in [5, 5.41) is 11.3. The quantitative estimate of drug-likeness (QED) is 0.700. The molecule has 1 saturated heterocycles. The monoisotopic (exact) mass is 190 g/mol. The molecule has 0 amide bonds. The van der Waals surface area contributed by atoms with Gasteiger partial charge in [0.1, 0.15) is 6.10 Å². The van der Waals surface area contributed by atoms with E-state index < -0.39 is 0 Å². The van der Waals surface area contributed by atoms with E-state index in [0.717, 1.165) is 32.5 Å². The van der Waals surface area contributed by atoms with Crippen molar-refractivity contribution >= 4 is 0 Å². The third kappa shape index (κ3) is 2.56. The fraction of sp³-hybridized carbons (Fsp3) is 0.500. The van der Waals surface area contributed by atoms with Gasteiger partial charge in [-0.3, -0.25) is 4.90 Å². The third-order valence-electron chi connectivity index (χ3n) is 2.71. The topological polar surface area (TPSA) is 23.1 Å². The van der Waals surface area contributed by atoms with Crippen LogP contribution in [-0.2, 0) is 11.7 Å². The smallest absolute Gasteiger partial charge is 0.106 e. The maximum absolute atomic E-state index is 11.3. The Morgan fingerprint density at radius 2 is 2.07 bits per heavy atom. The molecule has 1 aliphatic rings. The SMILES string of the molecule is [O]C1CCCN(Cc2ccccc2)C1. The highest BCUT2D eigenvalue weighted by molar-refractivity contribution is 5.14. The molecule has 1 atom stereocenters. The van der Waals surface area contributed by atoms with Gasteiger partial charge in [0.15, 0.2) is 0 Å². The Labute approximate surface area is 85.2 Å². The molecular weight excluding hydrogens is 174 g/mol. The van der Waals surface area contributed by atoms with E-state index in [1.165, 1.54) is 5.56 Å². The second-order valence-corrected chi connectivity index (χ2v) is 3.98. The first-order valence-corrected chi connectivity index (χ1v) is 5.27. The minimum Gasteiger partial charge on any atom is -0.296 e. The zero-order valence-corrected chi connectivity index (χ0v) is 8.36. The van der Waals surface area contributed by atoms with Crippen LogP contribution in [0.25, 0.3) is 0 Å². The lowest BCUT2D eigenvalue weighted by Gasteiger charge is -2.28. The summed E-state index contributed by atoms with van der Waals surface area (Å²) in [7, 11) is 0. The van der Waals surface area contributed by atoms with Crippen LogP contribution in [0.2, 0.25) is 0 Å². The van der Waals surface area contributed by atoms with Crippen LogP contribution in [0.15, 0.2) is 30.3 Å². The van der Waals surface area contributed by atoms with E-state index in [1.54, 1.807) is 0 Å². The highest BCUT2D eigenvalue weighted by Gasteiger charge is 2.18. The van der Waals surface area contributed by atoms with Gasteiger partial charge in [0, 0.05) is 13.1 Å². The predicted octanol–water partition coefficient (Wildman–Crippen LogP) is 2.08. The number of benzene rings is 1. The van der Waals surface area contributed by atoms with Crippen molar-refractivity contribution in [1.29, 1.82) is 0 Å². The van der Waals surface area contributed by atoms with Crippen molar-refractivity contribution < 1.29 is 5.11 Å². The van der Waals surface area contributed by atoms with Crippen molar-refractivity contribution in [2.75, 3.05) is 13.1 Å². The van der Waals surface area contributed by atoms with Gasteiger partial charge < -0.3 is 0 Å². The highest BCUT2D eigenvalue weighted by atomic mass is 16.3. The number of hydrogen-bond donors (Lipinski definition) is 0. The summed E-state index contributed by atoms with van der Waals surface area (Å²) in [5.74, 6) is 0. The van der Waals surface area contributed by atoms with Crippen LogP contribution in [0.3, 0.4) is 0 Å². The first-order valence-electron chi connectivity index (χ1n) is 5.27. The molecule has 0 spiro atoms. The predicted molar refractivity (Wildman–Crippen MR) is 55.4 cm³/mol. The van der Waals surface area contributed by atoms with Crippen LogP contribution >= 0.6 is 0 Å². The van der Waals surface area contributed by atoms with Gasteiger partial charge in [-0.05, 0) is 24.9 Å². The Morgan fingerprint density at radius 1 is 1.29 bits per heavy atom. The Bertz CT molecular complexity index is 273. The molecule has 2 heteroatoms. The molecule has 0 bridgehead atoms. The molecule has 1 fully saturated rings. The summed E-state index contributed by atoms with van der Waals surface area (Å²) in [5.41, 5.74) is 1.31. The Kier molecular flexibility index (Phi) is 3.17. The van der Waals surface area contributed by atoms with E-state index >= 15 is 0 Å². The summed E-state index contributed by atoms with van der Waals surface area (Å²) in [4.78, 5) is 2.26. The van der Waals surface area contributed by atoms with Crippen LogP contribution in [0, 0.1) is 0 Å². The van der Waals surface area contributed by atoms with E-state index in [9.17, 15) is 5.11 Å². The van der Waals surface area contributed by atoms with Crippen molar-refractivity contribution in [2.45, 2.75) is 25.5 Å². The first-order chi connectivity index (χ1) is 6.84. The standard InChI is InChI=1S/C12H16NO/c14-12-7-4-8-13(10-12)9-11-5-2-1-3-6-11/h1-3,5-6,12H,4,7-10H2. The summed E-state index contributed by atoms with van der Waals surface area (Å²) in [6.45, 7) is 2.72. The normalized spacial score (nSPS) is 23.6. The van der Waals surface area contributed by atoms with E-state index in [-0.39, 0.29) is 6.10 Å². The number of piperidine rings is 1. The van der Waals surface area contributed by atoms with Crippen molar-refractivity contribution in [3.8, 4) is 0 Å². The maximum Gasteiger partial charge on any atom is 0.106 e. The molecule has 2 rings (SSSR count). The zero-order chi connectivity index (χ0) is 9.80. The molecule has 1 aliphatic heterocycles. The van der Waals surface area contributed by atoms with Gasteiger partial charge in [0.05, 0.1) is 0 Å². The van der Waals surface area contributed by atoms with Crippen LogP contribution in [-0.4, -0.2) is 24.1 Å². The first kappa shape index (κ1) is 9.69. The third-order valence-corrected chi connectivity index (χ3v) is 2.71. The lowest BCUT2D eigenvalue weighted by Crippen LogP contribution is -2.37. The second-order valence-electron chi connectivity index (χ2n) is 3.98. The molecule has 1 aromatic rings. The summed E-state index contributed by atoms with van der Waals surface area (Å²) >= 11 is 0. The number of hydrogen-bond acceptors (Lipinski definition) is 1. The van der Waals surface area contributed by atoms with E-state index in [2.05, 4.69) is 17.0 Å².